The molecule has 0 fully saturated rings. The lowest BCUT2D eigenvalue weighted by Gasteiger charge is -2.19. The maximum atomic E-state index is 12.5. The van der Waals surface area contributed by atoms with Crippen LogP contribution in [0.4, 0.5) is 0 Å². The maximum absolute atomic E-state index is 12.5. The van der Waals surface area contributed by atoms with E-state index in [2.05, 4.69) is 0 Å². The largest absolute Gasteiger partial charge is 0.289 e. The number of carbonyl (C=O) groups is 2. The molecule has 0 heterocycles. The van der Waals surface area contributed by atoms with Gasteiger partial charge in [0.25, 0.3) is 0 Å². The summed E-state index contributed by atoms with van der Waals surface area (Å²) in [4.78, 5) is 25.0. The average Bonchev–Trinajstić information content (AvgIpc) is 2.42. The van der Waals surface area contributed by atoms with Gasteiger partial charge in [0.15, 0.2) is 11.6 Å². The van der Waals surface area contributed by atoms with Crippen LogP contribution in [0.5, 0.6) is 0 Å². The Morgan fingerprint density at radius 3 is 2.40 bits per heavy atom. The Morgan fingerprint density at radius 1 is 0.950 bits per heavy atom. The van der Waals surface area contributed by atoms with Gasteiger partial charge >= 0.3 is 0 Å². The summed E-state index contributed by atoms with van der Waals surface area (Å²) in [5.41, 5.74) is 2.82. The summed E-state index contributed by atoms with van der Waals surface area (Å²) in [5, 5.41) is 1.91. The number of Topliss-reactive ketones (excluding diaryl/α,β-unsaturated/α-hetero) is 1. The quantitative estimate of drug-likeness (QED) is 0.776. The number of hydrogen-bond acceptors (Lipinski definition) is 2. The number of aryl methyl sites for hydroxylation is 1. The van der Waals surface area contributed by atoms with E-state index in [9.17, 15) is 9.59 Å². The molecule has 1 aliphatic rings. The molecule has 0 amide bonds. The van der Waals surface area contributed by atoms with E-state index in [1.165, 1.54) is 6.08 Å². The Bertz CT molecular complexity index is 779. The highest BCUT2D eigenvalue weighted by molar-refractivity contribution is 6.29. The minimum atomic E-state index is -0.0560. The third-order valence-corrected chi connectivity index (χ3v) is 3.94. The fourth-order valence-electron chi connectivity index (χ4n) is 2.83. The molecule has 20 heavy (non-hydrogen) atoms. The average molecular weight is 264 g/mol. The van der Waals surface area contributed by atoms with Crippen molar-refractivity contribution in [1.82, 2.24) is 0 Å². The van der Waals surface area contributed by atoms with Crippen LogP contribution in [0.2, 0.25) is 0 Å². The maximum Gasteiger partial charge on any atom is 0.190 e. The molecule has 2 heteroatoms. The number of hydrogen-bond donors (Lipinski definition) is 0. The zero-order valence-corrected chi connectivity index (χ0v) is 11.9. The normalized spacial score (nSPS) is 14.7. The zero-order chi connectivity index (χ0) is 14.4. The number of rotatable bonds is 1. The molecule has 3 rings (SSSR count). The second kappa shape index (κ2) is 4.41. The summed E-state index contributed by atoms with van der Waals surface area (Å²) in [6.45, 7) is 5.89. The van der Waals surface area contributed by atoms with Gasteiger partial charge in [-0.3, -0.25) is 9.59 Å². The number of benzene rings is 2. The first kappa shape index (κ1) is 12.8. The van der Waals surface area contributed by atoms with Gasteiger partial charge in [-0.05, 0) is 41.3 Å². The summed E-state index contributed by atoms with van der Waals surface area (Å²) >= 11 is 0. The third-order valence-electron chi connectivity index (χ3n) is 3.94. The van der Waals surface area contributed by atoms with E-state index in [0.29, 0.717) is 16.7 Å². The summed E-state index contributed by atoms with van der Waals surface area (Å²) in [7, 11) is 0. The summed E-state index contributed by atoms with van der Waals surface area (Å²) in [6.07, 6.45) is 1.51. The Hall–Kier alpha value is -2.22. The van der Waals surface area contributed by atoms with E-state index in [-0.39, 0.29) is 17.5 Å². The fourth-order valence-corrected chi connectivity index (χ4v) is 2.83. The highest BCUT2D eigenvalue weighted by Crippen LogP contribution is 2.32. The first-order valence-electron chi connectivity index (χ1n) is 6.83. The van der Waals surface area contributed by atoms with Gasteiger partial charge in [-0.2, -0.15) is 0 Å². The van der Waals surface area contributed by atoms with E-state index in [1.807, 2.05) is 45.0 Å². The van der Waals surface area contributed by atoms with Gasteiger partial charge in [0.1, 0.15) is 0 Å². The molecule has 0 bridgehead atoms. The van der Waals surface area contributed by atoms with Crippen molar-refractivity contribution < 1.29 is 9.59 Å². The van der Waals surface area contributed by atoms with Crippen molar-refractivity contribution >= 4 is 22.3 Å². The van der Waals surface area contributed by atoms with Crippen LogP contribution in [0.15, 0.2) is 42.0 Å². The van der Waals surface area contributed by atoms with E-state index >= 15 is 0 Å². The Kier molecular flexibility index (Phi) is 2.82. The third kappa shape index (κ3) is 1.72. The molecule has 2 aromatic carbocycles. The molecule has 0 saturated heterocycles. The van der Waals surface area contributed by atoms with Crippen LogP contribution in [-0.4, -0.2) is 11.6 Å². The molecule has 0 radical (unpaired) electrons. The van der Waals surface area contributed by atoms with Gasteiger partial charge in [-0.25, -0.2) is 0 Å². The van der Waals surface area contributed by atoms with Crippen LogP contribution >= 0.6 is 0 Å². The SMILES string of the molecule is Cc1cccc2c3c(ccc12)C(=O)C(C(C)C)=CC3=O. The lowest BCUT2D eigenvalue weighted by molar-refractivity contribution is 0.0978. The minimum absolute atomic E-state index is 0.0157. The molecule has 0 N–H and O–H groups in total. The molecule has 100 valence electrons. The van der Waals surface area contributed by atoms with Gasteiger partial charge in [-0.1, -0.05) is 38.1 Å². The van der Waals surface area contributed by atoms with Crippen LogP contribution in [0.3, 0.4) is 0 Å². The van der Waals surface area contributed by atoms with Crippen molar-refractivity contribution in [1.29, 1.82) is 0 Å². The first-order valence-corrected chi connectivity index (χ1v) is 6.83. The monoisotopic (exact) mass is 264 g/mol. The van der Waals surface area contributed by atoms with Crippen LogP contribution in [0, 0.1) is 12.8 Å². The molecule has 0 aromatic heterocycles. The Morgan fingerprint density at radius 2 is 1.70 bits per heavy atom. The van der Waals surface area contributed by atoms with E-state index < -0.39 is 0 Å². The predicted octanol–water partition coefficient (Wildman–Crippen LogP) is 4.11. The standard InChI is InChI=1S/C18H16O2/c1-10(2)15-9-16(19)17-13-6-4-5-11(3)12(13)7-8-14(17)18(15)20/h4-10H,1-3H3. The number of carbonyl (C=O) groups excluding carboxylic acids is 2. The van der Waals surface area contributed by atoms with E-state index in [0.717, 1.165) is 16.3 Å². The molecule has 2 nitrogen and oxygen atoms in total. The van der Waals surface area contributed by atoms with Crippen LogP contribution in [-0.2, 0) is 0 Å². The summed E-state index contributed by atoms with van der Waals surface area (Å²) in [6, 6.07) is 9.59. The van der Waals surface area contributed by atoms with Crippen molar-refractivity contribution in [3.8, 4) is 0 Å². The number of fused-ring (bicyclic) bond motifs is 3. The molecule has 2 aromatic rings. The lowest BCUT2D eigenvalue weighted by atomic mass is 9.82. The molecule has 0 saturated carbocycles. The fraction of sp³-hybridized carbons (Fsp3) is 0.222. The second-order valence-corrected chi connectivity index (χ2v) is 5.61. The first-order chi connectivity index (χ1) is 9.50. The zero-order valence-electron chi connectivity index (χ0n) is 11.9. The van der Waals surface area contributed by atoms with Crippen molar-refractivity contribution in [2.24, 2.45) is 5.92 Å². The van der Waals surface area contributed by atoms with Gasteiger partial charge in [0.05, 0.1) is 0 Å². The smallest absolute Gasteiger partial charge is 0.190 e. The lowest BCUT2D eigenvalue weighted by Crippen LogP contribution is -2.20. The predicted molar refractivity (Wildman–Crippen MR) is 80.3 cm³/mol. The van der Waals surface area contributed by atoms with Crippen molar-refractivity contribution in [2.45, 2.75) is 20.8 Å². The van der Waals surface area contributed by atoms with Crippen molar-refractivity contribution in [3.05, 3.63) is 58.7 Å². The molecular weight excluding hydrogens is 248 g/mol. The van der Waals surface area contributed by atoms with Gasteiger partial charge in [0, 0.05) is 16.7 Å². The molecule has 0 unspecified atom stereocenters. The number of allylic oxidation sites excluding steroid dienone is 2. The Balaban J connectivity index is 2.35. The molecule has 0 spiro atoms. The second-order valence-electron chi connectivity index (χ2n) is 5.61. The molecule has 0 atom stereocenters. The highest BCUT2D eigenvalue weighted by Gasteiger charge is 2.28. The van der Waals surface area contributed by atoms with Gasteiger partial charge in [0.2, 0.25) is 0 Å². The van der Waals surface area contributed by atoms with Crippen molar-refractivity contribution in [3.63, 3.8) is 0 Å². The minimum Gasteiger partial charge on any atom is -0.289 e. The van der Waals surface area contributed by atoms with Gasteiger partial charge < -0.3 is 0 Å². The van der Waals surface area contributed by atoms with Crippen molar-refractivity contribution in [2.75, 3.05) is 0 Å². The Labute approximate surface area is 118 Å². The number of ketones is 2. The molecule has 0 aliphatic heterocycles. The van der Waals surface area contributed by atoms with Gasteiger partial charge in [-0.15, -0.1) is 0 Å². The van der Waals surface area contributed by atoms with Crippen LogP contribution in [0.25, 0.3) is 10.8 Å². The summed E-state index contributed by atoms with van der Waals surface area (Å²) < 4.78 is 0. The summed E-state index contributed by atoms with van der Waals surface area (Å²) in [5.74, 6) is -0.00897. The molecular formula is C18H16O2. The van der Waals surface area contributed by atoms with Crippen LogP contribution in [0.1, 0.15) is 40.1 Å². The van der Waals surface area contributed by atoms with Crippen LogP contribution < -0.4 is 0 Å². The van der Waals surface area contributed by atoms with E-state index in [4.69, 9.17) is 0 Å². The molecule has 1 aliphatic carbocycles. The highest BCUT2D eigenvalue weighted by atomic mass is 16.1. The topological polar surface area (TPSA) is 34.1 Å². The van der Waals surface area contributed by atoms with E-state index in [1.54, 1.807) is 6.07 Å².